The molecule has 1 aliphatic carbocycles. The van der Waals surface area contributed by atoms with E-state index >= 15 is 0 Å². The van der Waals surface area contributed by atoms with Gasteiger partial charge in [-0.05, 0) is 68.7 Å². The molecule has 0 atom stereocenters. The largest absolute Gasteiger partial charge is 0.497 e. The second-order valence-corrected chi connectivity index (χ2v) is 8.11. The summed E-state index contributed by atoms with van der Waals surface area (Å²) < 4.78 is 26.1. The van der Waals surface area contributed by atoms with Gasteiger partial charge < -0.3 is 19.9 Å². The maximum absolute atomic E-state index is 14.7. The fourth-order valence-corrected chi connectivity index (χ4v) is 4.67. The van der Waals surface area contributed by atoms with Crippen LogP contribution in [0.2, 0.25) is 0 Å². The monoisotopic (exact) mass is 388 g/mol. The topological polar surface area (TPSA) is 80.7 Å². The number of amides is 1. The minimum Gasteiger partial charge on any atom is -0.497 e. The minimum absolute atomic E-state index is 0.308. The lowest BCUT2D eigenvalue weighted by Crippen LogP contribution is -2.62. The van der Waals surface area contributed by atoms with E-state index < -0.39 is 11.6 Å². The van der Waals surface area contributed by atoms with E-state index in [0.717, 1.165) is 42.1 Å². The van der Waals surface area contributed by atoms with Gasteiger partial charge in [0.05, 0.1) is 36.6 Å². The third-order valence-corrected chi connectivity index (χ3v) is 6.41. The highest BCUT2D eigenvalue weighted by molar-refractivity contribution is 5.86. The summed E-state index contributed by atoms with van der Waals surface area (Å²) in [6, 6.07) is 3.74. The van der Waals surface area contributed by atoms with Gasteiger partial charge in [-0.3, -0.25) is 4.98 Å². The van der Waals surface area contributed by atoms with Gasteiger partial charge in [-0.2, -0.15) is 0 Å². The lowest BCUT2D eigenvalue weighted by molar-refractivity contribution is -0.162. The van der Waals surface area contributed by atoms with E-state index in [1.54, 1.807) is 7.11 Å². The Kier molecular flexibility index (Phi) is 4.65. The summed E-state index contributed by atoms with van der Waals surface area (Å²) in [5.41, 5.74) is 1.60. The predicted octanol–water partition coefficient (Wildman–Crippen LogP) is 3.97. The molecule has 28 heavy (non-hydrogen) atoms. The molecule has 2 bridgehead atoms. The summed E-state index contributed by atoms with van der Waals surface area (Å²) in [5, 5.41) is 12.5. The number of carbonyl (C=O) groups is 1. The molecular weight excluding hydrogens is 363 g/mol. The number of halogens is 1. The van der Waals surface area contributed by atoms with Gasteiger partial charge in [-0.15, -0.1) is 0 Å². The summed E-state index contributed by atoms with van der Waals surface area (Å²) in [6.07, 6.45) is 4.59. The molecule has 2 aromatic rings. The number of carboxylic acid groups (broad SMARTS) is 1. The van der Waals surface area contributed by atoms with Crippen LogP contribution in [-0.4, -0.2) is 41.0 Å². The predicted molar refractivity (Wildman–Crippen MR) is 102 cm³/mol. The molecule has 2 N–H and O–H groups in total. The van der Waals surface area contributed by atoms with Crippen molar-refractivity contribution in [1.82, 2.24) is 10.3 Å². The number of aryl methyl sites for hydroxylation is 2. The number of hydrogen-bond donors (Lipinski definition) is 2. The fraction of sp³-hybridized carbons (Fsp3) is 0.524. The molecule has 0 radical (unpaired) electrons. The number of methoxy groups -OCH3 is 1. The molecule has 150 valence electrons. The standard InChI is InChI=1S/C21H25FN2O4/c1-13-9-14(27-2)10-16-15(17(22)11-23-18(13)16)3-4-21-7-5-20(6-8-21,12-28-21)24-19(25)26/h9-11,24H,3-8,12H2,1-2H3,(H,25,26). The highest BCUT2D eigenvalue weighted by Crippen LogP contribution is 2.46. The first-order chi connectivity index (χ1) is 13.4. The minimum atomic E-state index is -1.01. The summed E-state index contributed by atoms with van der Waals surface area (Å²) in [7, 11) is 1.60. The van der Waals surface area contributed by atoms with E-state index in [9.17, 15) is 9.18 Å². The Morgan fingerprint density at radius 3 is 2.71 bits per heavy atom. The van der Waals surface area contributed by atoms with Gasteiger partial charge in [-0.1, -0.05) is 0 Å². The zero-order valence-corrected chi connectivity index (χ0v) is 16.2. The van der Waals surface area contributed by atoms with Crippen LogP contribution in [0.1, 0.15) is 43.2 Å². The molecule has 5 rings (SSSR count). The third-order valence-electron chi connectivity index (χ3n) is 6.41. The van der Waals surface area contributed by atoms with Gasteiger partial charge in [0.2, 0.25) is 0 Å². The first-order valence-corrected chi connectivity index (χ1v) is 9.62. The number of aromatic nitrogens is 1. The van der Waals surface area contributed by atoms with Crippen molar-refractivity contribution in [3.05, 3.63) is 35.3 Å². The molecule has 7 heteroatoms. The number of pyridine rings is 1. The number of hydrogen-bond acceptors (Lipinski definition) is 4. The summed E-state index contributed by atoms with van der Waals surface area (Å²) in [4.78, 5) is 15.3. The van der Waals surface area contributed by atoms with E-state index in [1.807, 2.05) is 19.1 Å². The Hall–Kier alpha value is -2.41. The Balaban J connectivity index is 1.56. The highest BCUT2D eigenvalue weighted by atomic mass is 19.1. The van der Waals surface area contributed by atoms with E-state index in [4.69, 9.17) is 14.6 Å². The second-order valence-electron chi connectivity index (χ2n) is 8.11. The molecule has 0 unspecified atom stereocenters. The quantitative estimate of drug-likeness (QED) is 0.810. The number of ether oxygens (including phenoxy) is 2. The van der Waals surface area contributed by atoms with Crippen molar-refractivity contribution in [2.45, 2.75) is 56.6 Å². The van der Waals surface area contributed by atoms with E-state index in [2.05, 4.69) is 10.3 Å². The van der Waals surface area contributed by atoms with Crippen LogP contribution in [0.3, 0.4) is 0 Å². The zero-order chi connectivity index (χ0) is 19.9. The van der Waals surface area contributed by atoms with E-state index in [1.165, 1.54) is 6.20 Å². The van der Waals surface area contributed by atoms with Crippen LogP contribution in [0.5, 0.6) is 5.75 Å². The first kappa shape index (κ1) is 18.9. The van der Waals surface area contributed by atoms with Crippen LogP contribution in [-0.2, 0) is 11.2 Å². The van der Waals surface area contributed by atoms with Crippen LogP contribution in [0.4, 0.5) is 9.18 Å². The second kappa shape index (κ2) is 6.88. The van der Waals surface area contributed by atoms with Crippen molar-refractivity contribution >= 4 is 17.0 Å². The van der Waals surface area contributed by atoms with Crippen LogP contribution in [0, 0.1) is 12.7 Å². The SMILES string of the molecule is COc1cc(C)c2ncc(F)c(CCC34CCC(NC(=O)O)(CC3)CO4)c2c1. The number of benzene rings is 1. The van der Waals surface area contributed by atoms with Crippen molar-refractivity contribution in [3.63, 3.8) is 0 Å². The molecule has 2 aliphatic heterocycles. The Labute approximate surface area is 163 Å². The van der Waals surface area contributed by atoms with Crippen molar-refractivity contribution in [2.24, 2.45) is 0 Å². The van der Waals surface area contributed by atoms with Gasteiger partial charge in [0.25, 0.3) is 0 Å². The van der Waals surface area contributed by atoms with Crippen molar-refractivity contribution in [3.8, 4) is 5.75 Å². The van der Waals surface area contributed by atoms with Gasteiger partial charge in [0.15, 0.2) is 0 Å². The Morgan fingerprint density at radius 1 is 1.36 bits per heavy atom. The molecule has 1 amide bonds. The molecule has 3 fully saturated rings. The van der Waals surface area contributed by atoms with Crippen LogP contribution < -0.4 is 10.1 Å². The van der Waals surface area contributed by atoms with Crippen LogP contribution in [0.25, 0.3) is 10.9 Å². The molecule has 3 aliphatic rings. The molecule has 0 spiro atoms. The summed E-state index contributed by atoms with van der Waals surface area (Å²) >= 11 is 0. The lowest BCUT2D eigenvalue weighted by atomic mass is 9.69. The van der Waals surface area contributed by atoms with Crippen LogP contribution in [0.15, 0.2) is 18.3 Å². The molecule has 1 aromatic heterocycles. The molecule has 2 saturated heterocycles. The molecule has 6 nitrogen and oxygen atoms in total. The average Bonchev–Trinajstić information content (AvgIpc) is 2.68. The first-order valence-electron chi connectivity index (χ1n) is 9.62. The highest BCUT2D eigenvalue weighted by Gasteiger charge is 2.50. The maximum atomic E-state index is 14.7. The average molecular weight is 388 g/mol. The van der Waals surface area contributed by atoms with Crippen molar-refractivity contribution in [1.29, 1.82) is 0 Å². The Morgan fingerprint density at radius 2 is 2.11 bits per heavy atom. The number of nitrogens with one attached hydrogen (secondary N) is 1. The normalized spacial score (nSPS) is 26.4. The van der Waals surface area contributed by atoms with E-state index in [0.29, 0.717) is 30.8 Å². The van der Waals surface area contributed by atoms with Crippen LogP contribution >= 0.6 is 0 Å². The Bertz CT molecular complexity index is 906. The molecular formula is C21H25FN2O4. The summed E-state index contributed by atoms with van der Waals surface area (Å²) in [6.45, 7) is 2.32. The summed E-state index contributed by atoms with van der Waals surface area (Å²) in [5.74, 6) is 0.373. The zero-order valence-electron chi connectivity index (χ0n) is 16.2. The van der Waals surface area contributed by atoms with Gasteiger partial charge in [-0.25, -0.2) is 9.18 Å². The number of fused-ring (bicyclic) bond motifs is 4. The molecule has 3 heterocycles. The number of nitrogens with zero attached hydrogens (tertiary/aromatic N) is 1. The van der Waals surface area contributed by atoms with E-state index in [-0.39, 0.29) is 11.4 Å². The van der Waals surface area contributed by atoms with Gasteiger partial charge in [0, 0.05) is 5.39 Å². The van der Waals surface area contributed by atoms with Crippen molar-refractivity contribution in [2.75, 3.05) is 13.7 Å². The third kappa shape index (κ3) is 3.28. The smallest absolute Gasteiger partial charge is 0.405 e. The molecule has 1 saturated carbocycles. The molecule has 1 aromatic carbocycles. The fourth-order valence-electron chi connectivity index (χ4n) is 4.67. The van der Waals surface area contributed by atoms with Gasteiger partial charge >= 0.3 is 6.09 Å². The van der Waals surface area contributed by atoms with Crippen molar-refractivity contribution < 1.29 is 23.8 Å². The lowest BCUT2D eigenvalue weighted by Gasteiger charge is -2.53. The maximum Gasteiger partial charge on any atom is 0.405 e. The number of rotatable bonds is 5. The van der Waals surface area contributed by atoms with Gasteiger partial charge in [0.1, 0.15) is 11.6 Å².